The van der Waals surface area contributed by atoms with Gasteiger partial charge in [-0.1, -0.05) is 22.9 Å². The molecule has 0 saturated carbocycles. The summed E-state index contributed by atoms with van der Waals surface area (Å²) < 4.78 is 10.3. The molecule has 1 aliphatic heterocycles. The fourth-order valence-corrected chi connectivity index (χ4v) is 3.93. The number of benzene rings is 1. The second-order valence-electron chi connectivity index (χ2n) is 6.00. The van der Waals surface area contributed by atoms with Gasteiger partial charge in [0, 0.05) is 24.7 Å². The van der Waals surface area contributed by atoms with Crippen molar-refractivity contribution < 1.29 is 14.3 Å². The van der Waals surface area contributed by atoms with E-state index in [0.29, 0.717) is 27.1 Å². The van der Waals surface area contributed by atoms with Gasteiger partial charge in [0.05, 0.1) is 25.3 Å². The fraction of sp³-hybridized carbons (Fsp3) is 0.389. The van der Waals surface area contributed by atoms with Crippen molar-refractivity contribution in [2.45, 2.75) is 19.3 Å². The lowest BCUT2D eigenvalue weighted by molar-refractivity contribution is 0.0954. The van der Waals surface area contributed by atoms with Crippen LogP contribution in [0.2, 0.25) is 5.15 Å². The molecule has 0 spiro atoms. The maximum atomic E-state index is 12.3. The summed E-state index contributed by atoms with van der Waals surface area (Å²) in [5, 5.41) is 5.29. The van der Waals surface area contributed by atoms with Crippen molar-refractivity contribution in [3.05, 3.63) is 33.8 Å². The number of nitrogens with zero attached hydrogens (tertiary/aromatic N) is 3. The van der Waals surface area contributed by atoms with Crippen molar-refractivity contribution in [1.29, 1.82) is 0 Å². The summed E-state index contributed by atoms with van der Waals surface area (Å²) in [7, 11) is 3.06. The molecule has 0 bridgehead atoms. The number of hydrogen-bond acceptors (Lipinski definition) is 7. The number of carbonyl (C=O) groups excluding carboxylic acids is 1. The first-order valence-electron chi connectivity index (χ1n) is 8.58. The number of rotatable bonds is 6. The van der Waals surface area contributed by atoms with Crippen LogP contribution < -0.4 is 19.8 Å². The van der Waals surface area contributed by atoms with Crippen LogP contribution in [0.5, 0.6) is 11.5 Å². The van der Waals surface area contributed by atoms with Crippen molar-refractivity contribution in [3.8, 4) is 11.5 Å². The van der Waals surface area contributed by atoms with Crippen LogP contribution in [0, 0.1) is 0 Å². The fourth-order valence-electron chi connectivity index (χ4n) is 2.76. The quantitative estimate of drug-likeness (QED) is 0.584. The van der Waals surface area contributed by atoms with Gasteiger partial charge in [-0.05, 0) is 31.4 Å². The number of anilines is 1. The minimum Gasteiger partial charge on any atom is -0.497 e. The molecule has 1 aromatic carbocycles. The average molecular weight is 409 g/mol. The van der Waals surface area contributed by atoms with Gasteiger partial charge in [0.15, 0.2) is 10.3 Å². The summed E-state index contributed by atoms with van der Waals surface area (Å²) in [4.78, 5) is 19.7. The molecule has 7 nitrogen and oxygen atoms in total. The van der Waals surface area contributed by atoms with Crippen molar-refractivity contribution >= 4 is 40.2 Å². The lowest BCUT2D eigenvalue weighted by Gasteiger charge is -2.25. The number of nitrogens with one attached hydrogen (secondary N) is 1. The van der Waals surface area contributed by atoms with E-state index in [4.69, 9.17) is 21.1 Å². The van der Waals surface area contributed by atoms with E-state index in [0.717, 1.165) is 18.2 Å². The predicted molar refractivity (Wildman–Crippen MR) is 108 cm³/mol. The zero-order valence-electron chi connectivity index (χ0n) is 15.2. The molecule has 1 amide bonds. The molecule has 1 N–H and O–H groups in total. The van der Waals surface area contributed by atoms with Crippen molar-refractivity contribution in [1.82, 2.24) is 10.4 Å². The van der Waals surface area contributed by atoms with Gasteiger partial charge in [0.2, 0.25) is 0 Å². The number of methoxy groups -OCH3 is 2. The minimum absolute atomic E-state index is 0.375. The van der Waals surface area contributed by atoms with E-state index in [9.17, 15) is 4.79 Å². The van der Waals surface area contributed by atoms with E-state index in [2.05, 4.69) is 20.4 Å². The van der Waals surface area contributed by atoms with E-state index >= 15 is 0 Å². The molecule has 2 aromatic rings. The molecule has 1 aromatic heterocycles. The van der Waals surface area contributed by atoms with Crippen LogP contribution in [-0.4, -0.2) is 44.4 Å². The summed E-state index contributed by atoms with van der Waals surface area (Å²) in [6.07, 6.45) is 5.11. The number of amides is 1. The van der Waals surface area contributed by atoms with E-state index in [1.54, 1.807) is 18.2 Å². The molecule has 2 heterocycles. The van der Waals surface area contributed by atoms with Gasteiger partial charge >= 0.3 is 0 Å². The van der Waals surface area contributed by atoms with Crippen LogP contribution in [-0.2, 0) is 0 Å². The number of aromatic nitrogens is 1. The second-order valence-corrected chi connectivity index (χ2v) is 7.37. The van der Waals surface area contributed by atoms with E-state index in [1.165, 1.54) is 51.0 Å². The summed E-state index contributed by atoms with van der Waals surface area (Å²) in [5.74, 6) is 0.681. The molecule has 1 saturated heterocycles. The third-order valence-electron chi connectivity index (χ3n) is 4.19. The SMILES string of the molecule is COc1cc(OC)cc(C(=O)N/N=C\c2sc(N3CCCCC3)nc2Cl)c1. The smallest absolute Gasteiger partial charge is 0.271 e. The molecule has 0 radical (unpaired) electrons. The second kappa shape index (κ2) is 9.05. The first-order valence-corrected chi connectivity index (χ1v) is 9.78. The number of piperidine rings is 1. The largest absolute Gasteiger partial charge is 0.497 e. The molecule has 27 heavy (non-hydrogen) atoms. The van der Waals surface area contributed by atoms with Gasteiger partial charge in [0.25, 0.3) is 5.91 Å². The highest BCUT2D eigenvalue weighted by molar-refractivity contribution is 7.17. The Morgan fingerprint density at radius 1 is 1.22 bits per heavy atom. The standard InChI is InChI=1S/C18H21ClN4O3S/c1-25-13-8-12(9-14(10-13)26-2)17(24)22-20-11-15-16(19)21-18(27-15)23-6-4-3-5-7-23/h8-11H,3-7H2,1-2H3,(H,22,24)/b20-11-. The Morgan fingerprint density at radius 2 is 1.89 bits per heavy atom. The Balaban J connectivity index is 1.67. The Labute approximate surface area is 166 Å². The first kappa shape index (κ1) is 19.4. The Hall–Kier alpha value is -2.32. The minimum atomic E-state index is -0.375. The summed E-state index contributed by atoms with van der Waals surface area (Å²) in [6.45, 7) is 1.99. The third kappa shape index (κ3) is 4.90. The van der Waals surface area contributed by atoms with Crippen molar-refractivity contribution in [3.63, 3.8) is 0 Å². The lowest BCUT2D eigenvalue weighted by Crippen LogP contribution is -2.29. The predicted octanol–water partition coefficient (Wildman–Crippen LogP) is 3.57. The maximum absolute atomic E-state index is 12.3. The zero-order chi connectivity index (χ0) is 19.2. The van der Waals surface area contributed by atoms with Crippen LogP contribution in [0.25, 0.3) is 0 Å². The van der Waals surface area contributed by atoms with Crippen molar-refractivity contribution in [2.24, 2.45) is 5.10 Å². The molecule has 0 aliphatic carbocycles. The van der Waals surface area contributed by atoms with Crippen LogP contribution in [0.1, 0.15) is 34.5 Å². The maximum Gasteiger partial charge on any atom is 0.271 e. The number of hydrazone groups is 1. The highest BCUT2D eigenvalue weighted by Crippen LogP contribution is 2.30. The van der Waals surface area contributed by atoms with Gasteiger partial charge in [-0.25, -0.2) is 10.4 Å². The van der Waals surface area contributed by atoms with Gasteiger partial charge in [0.1, 0.15) is 11.5 Å². The summed E-state index contributed by atoms with van der Waals surface area (Å²) in [6, 6.07) is 4.92. The number of ether oxygens (including phenoxy) is 2. The molecule has 1 aliphatic rings. The normalized spacial score (nSPS) is 14.4. The first-order chi connectivity index (χ1) is 13.1. The van der Waals surface area contributed by atoms with Crippen LogP contribution in [0.4, 0.5) is 5.13 Å². The van der Waals surface area contributed by atoms with Gasteiger partial charge < -0.3 is 14.4 Å². The number of carbonyl (C=O) groups is 1. The molecule has 0 unspecified atom stereocenters. The van der Waals surface area contributed by atoms with Gasteiger partial charge in [-0.15, -0.1) is 0 Å². The topological polar surface area (TPSA) is 76.1 Å². The highest BCUT2D eigenvalue weighted by atomic mass is 35.5. The van der Waals surface area contributed by atoms with Crippen LogP contribution in [0.15, 0.2) is 23.3 Å². The molecule has 9 heteroatoms. The molecule has 3 rings (SSSR count). The molecule has 0 atom stereocenters. The number of halogens is 1. The van der Waals surface area contributed by atoms with E-state index < -0.39 is 0 Å². The van der Waals surface area contributed by atoms with E-state index in [1.807, 2.05) is 0 Å². The molecule has 1 fully saturated rings. The van der Waals surface area contributed by atoms with Crippen LogP contribution >= 0.6 is 22.9 Å². The number of thiazole rings is 1. The molecular formula is C18H21ClN4O3S. The summed E-state index contributed by atoms with van der Waals surface area (Å²) >= 11 is 7.68. The zero-order valence-corrected chi connectivity index (χ0v) is 16.8. The van der Waals surface area contributed by atoms with Crippen LogP contribution in [0.3, 0.4) is 0 Å². The van der Waals surface area contributed by atoms with Gasteiger partial charge in [-0.3, -0.25) is 4.79 Å². The highest BCUT2D eigenvalue weighted by Gasteiger charge is 2.17. The van der Waals surface area contributed by atoms with E-state index in [-0.39, 0.29) is 5.91 Å². The average Bonchev–Trinajstić information content (AvgIpc) is 3.08. The Kier molecular flexibility index (Phi) is 6.52. The third-order valence-corrected chi connectivity index (χ3v) is 5.64. The van der Waals surface area contributed by atoms with Crippen molar-refractivity contribution in [2.75, 3.05) is 32.2 Å². The Bertz CT molecular complexity index is 812. The number of hydrogen-bond donors (Lipinski definition) is 1. The molecular weight excluding hydrogens is 388 g/mol. The molecule has 144 valence electrons. The lowest BCUT2D eigenvalue weighted by atomic mass is 10.1. The monoisotopic (exact) mass is 408 g/mol. The summed E-state index contributed by atoms with van der Waals surface area (Å²) in [5.41, 5.74) is 2.87. The Morgan fingerprint density at radius 3 is 2.52 bits per heavy atom. The van der Waals surface area contributed by atoms with Gasteiger partial charge in [-0.2, -0.15) is 5.10 Å².